The van der Waals surface area contributed by atoms with Crippen LogP contribution < -0.4 is 25.4 Å². The summed E-state index contributed by atoms with van der Waals surface area (Å²) in [6.45, 7) is 0. The Morgan fingerprint density at radius 1 is 1.03 bits per heavy atom. The minimum Gasteiger partial charge on any atom is -0.493 e. The maximum atomic E-state index is 12.5. The van der Waals surface area contributed by atoms with Crippen molar-refractivity contribution in [2.45, 2.75) is 16.4 Å². The number of methoxy groups -OCH3 is 2. The number of ether oxygens (including phenoxy) is 2. The van der Waals surface area contributed by atoms with Crippen LogP contribution in [0.3, 0.4) is 0 Å². The number of hydrogen-bond donors (Lipinski definition) is 3. The van der Waals surface area contributed by atoms with Gasteiger partial charge in [0, 0.05) is 5.69 Å². The first kappa shape index (κ1) is 23.3. The number of halogens is 3. The molecule has 2 aromatic rings. The molecule has 156 valence electrons. The summed E-state index contributed by atoms with van der Waals surface area (Å²) >= 11 is 23.3. The highest BCUT2D eigenvalue weighted by Crippen LogP contribution is 2.30. The third-order valence-electron chi connectivity index (χ3n) is 3.75. The van der Waals surface area contributed by atoms with E-state index in [-0.39, 0.29) is 17.4 Å². The molecule has 0 aliphatic heterocycles. The highest BCUT2D eigenvalue weighted by atomic mass is 35.6. The third kappa shape index (κ3) is 7.44. The second kappa shape index (κ2) is 10.7. The molecule has 0 aromatic heterocycles. The van der Waals surface area contributed by atoms with Crippen molar-refractivity contribution < 1.29 is 14.3 Å². The molecule has 0 bridgehead atoms. The van der Waals surface area contributed by atoms with Crippen LogP contribution in [-0.2, 0) is 11.2 Å². The summed E-state index contributed by atoms with van der Waals surface area (Å²) in [7, 11) is 3.05. The number of para-hydroxylation sites is 1. The highest BCUT2D eigenvalue weighted by molar-refractivity contribution is 7.80. The van der Waals surface area contributed by atoms with Gasteiger partial charge in [-0.05, 0) is 42.0 Å². The SMILES string of the molecule is COc1ccc(CC(=O)N[C@H](NC(=S)Nc2ccccc2)C(Cl)(Cl)Cl)cc1OC. The van der Waals surface area contributed by atoms with Crippen molar-refractivity contribution in [3.8, 4) is 11.5 Å². The average molecular weight is 477 g/mol. The second-order valence-corrected chi connectivity index (χ2v) is 8.65. The Balaban J connectivity index is 2.02. The van der Waals surface area contributed by atoms with Gasteiger partial charge in [-0.3, -0.25) is 4.79 Å². The van der Waals surface area contributed by atoms with Crippen LogP contribution in [0.5, 0.6) is 11.5 Å². The second-order valence-electron chi connectivity index (χ2n) is 5.87. The van der Waals surface area contributed by atoms with E-state index in [1.807, 2.05) is 30.3 Å². The normalized spacial score (nSPS) is 11.9. The van der Waals surface area contributed by atoms with E-state index in [1.165, 1.54) is 14.2 Å². The number of carbonyl (C=O) groups is 1. The number of carbonyl (C=O) groups excluding carboxylic acids is 1. The molecule has 0 saturated heterocycles. The standard InChI is InChI=1S/C19H20Cl3N3O3S/c1-27-14-9-8-12(10-15(14)28-2)11-16(26)24-17(19(20,21)22)25-18(29)23-13-6-4-3-5-7-13/h3-10,17H,11H2,1-2H3,(H,24,26)(H2,23,25,29)/t17-/m1/s1. The molecule has 2 rings (SSSR count). The molecule has 2 aromatic carbocycles. The number of thiocarbonyl (C=S) groups is 1. The third-order valence-corrected chi connectivity index (χ3v) is 4.63. The van der Waals surface area contributed by atoms with Gasteiger partial charge in [0.1, 0.15) is 6.17 Å². The van der Waals surface area contributed by atoms with Crippen molar-refractivity contribution in [3.63, 3.8) is 0 Å². The van der Waals surface area contributed by atoms with E-state index in [2.05, 4.69) is 16.0 Å². The maximum Gasteiger partial charge on any atom is 0.228 e. The van der Waals surface area contributed by atoms with Crippen LogP contribution in [0.25, 0.3) is 0 Å². The van der Waals surface area contributed by atoms with Crippen molar-refractivity contribution in [1.82, 2.24) is 10.6 Å². The summed E-state index contributed by atoms with van der Waals surface area (Å²) in [5, 5.41) is 8.60. The van der Waals surface area contributed by atoms with E-state index in [0.29, 0.717) is 17.1 Å². The highest BCUT2D eigenvalue weighted by Gasteiger charge is 2.34. The van der Waals surface area contributed by atoms with Gasteiger partial charge in [0.25, 0.3) is 0 Å². The molecule has 0 aliphatic carbocycles. The summed E-state index contributed by atoms with van der Waals surface area (Å²) in [6.07, 6.45) is -1.01. The summed E-state index contributed by atoms with van der Waals surface area (Å²) in [5.74, 6) is 0.709. The van der Waals surface area contributed by atoms with Crippen molar-refractivity contribution in [2.75, 3.05) is 19.5 Å². The van der Waals surface area contributed by atoms with Gasteiger partial charge in [0.2, 0.25) is 9.70 Å². The number of nitrogens with one attached hydrogen (secondary N) is 3. The fourth-order valence-electron chi connectivity index (χ4n) is 2.41. The number of benzene rings is 2. The molecule has 0 heterocycles. The van der Waals surface area contributed by atoms with E-state index >= 15 is 0 Å². The smallest absolute Gasteiger partial charge is 0.228 e. The molecule has 0 fully saturated rings. The van der Waals surface area contributed by atoms with Crippen molar-refractivity contribution in [3.05, 3.63) is 54.1 Å². The molecule has 0 radical (unpaired) electrons. The number of hydrogen-bond acceptors (Lipinski definition) is 4. The minimum atomic E-state index is -1.84. The average Bonchev–Trinajstić information content (AvgIpc) is 2.67. The van der Waals surface area contributed by atoms with Crippen LogP contribution in [0.15, 0.2) is 48.5 Å². The first-order chi connectivity index (χ1) is 13.7. The van der Waals surface area contributed by atoms with Gasteiger partial charge in [-0.1, -0.05) is 59.1 Å². The van der Waals surface area contributed by atoms with Crippen LogP contribution in [-0.4, -0.2) is 35.2 Å². The maximum absolute atomic E-state index is 12.5. The molecule has 0 spiro atoms. The number of anilines is 1. The molecular weight excluding hydrogens is 457 g/mol. The number of amides is 1. The van der Waals surface area contributed by atoms with Gasteiger partial charge in [-0.2, -0.15) is 0 Å². The lowest BCUT2D eigenvalue weighted by molar-refractivity contribution is -0.121. The fourth-order valence-corrected chi connectivity index (χ4v) is 2.97. The van der Waals surface area contributed by atoms with Crippen LogP contribution in [0.4, 0.5) is 5.69 Å². The lowest BCUT2D eigenvalue weighted by Gasteiger charge is -2.27. The predicted molar refractivity (Wildman–Crippen MR) is 121 cm³/mol. The van der Waals surface area contributed by atoms with Crippen molar-refractivity contribution in [1.29, 1.82) is 0 Å². The molecule has 10 heteroatoms. The molecular formula is C19H20Cl3N3O3S. The Hall–Kier alpha value is -1.93. The summed E-state index contributed by atoms with van der Waals surface area (Å²) in [6, 6.07) is 14.4. The van der Waals surface area contributed by atoms with E-state index in [4.69, 9.17) is 56.5 Å². The van der Waals surface area contributed by atoms with Gasteiger partial charge < -0.3 is 25.4 Å². The Labute approximate surface area is 189 Å². The molecule has 6 nitrogen and oxygen atoms in total. The lowest BCUT2D eigenvalue weighted by atomic mass is 10.1. The zero-order valence-corrected chi connectivity index (χ0v) is 18.8. The van der Waals surface area contributed by atoms with Gasteiger partial charge in [-0.25, -0.2) is 0 Å². The van der Waals surface area contributed by atoms with Crippen molar-refractivity contribution in [2.24, 2.45) is 0 Å². The van der Waals surface area contributed by atoms with Gasteiger partial charge in [-0.15, -0.1) is 0 Å². The topological polar surface area (TPSA) is 71.6 Å². The Morgan fingerprint density at radius 3 is 2.28 bits per heavy atom. The largest absolute Gasteiger partial charge is 0.493 e. The fraction of sp³-hybridized carbons (Fsp3) is 0.263. The summed E-state index contributed by atoms with van der Waals surface area (Å²) in [5.41, 5.74) is 1.46. The lowest BCUT2D eigenvalue weighted by Crippen LogP contribution is -2.56. The Bertz CT molecular complexity index is 848. The minimum absolute atomic E-state index is 0.0398. The molecule has 1 atom stereocenters. The monoisotopic (exact) mass is 475 g/mol. The van der Waals surface area contributed by atoms with Crippen molar-refractivity contribution >= 4 is 63.7 Å². The van der Waals surface area contributed by atoms with Crippen LogP contribution in [0.1, 0.15) is 5.56 Å². The summed E-state index contributed by atoms with van der Waals surface area (Å²) in [4.78, 5) is 12.5. The van der Waals surface area contributed by atoms with Gasteiger partial charge in [0.05, 0.1) is 20.6 Å². The van der Waals surface area contributed by atoms with Gasteiger partial charge >= 0.3 is 0 Å². The van der Waals surface area contributed by atoms with Crippen LogP contribution in [0.2, 0.25) is 0 Å². The first-order valence-corrected chi connectivity index (χ1v) is 9.96. The van der Waals surface area contributed by atoms with Crippen LogP contribution >= 0.6 is 47.0 Å². The number of alkyl halides is 3. The molecule has 1 amide bonds. The number of rotatable bonds is 7. The van der Waals surface area contributed by atoms with E-state index in [0.717, 1.165) is 5.69 Å². The van der Waals surface area contributed by atoms with Gasteiger partial charge in [0.15, 0.2) is 16.6 Å². The van der Waals surface area contributed by atoms with E-state index in [9.17, 15) is 4.79 Å². The first-order valence-electron chi connectivity index (χ1n) is 8.42. The zero-order valence-electron chi connectivity index (χ0n) is 15.7. The van der Waals surface area contributed by atoms with Crippen LogP contribution in [0, 0.1) is 0 Å². The van der Waals surface area contributed by atoms with E-state index < -0.39 is 9.96 Å². The zero-order chi connectivity index (χ0) is 21.4. The molecule has 0 saturated carbocycles. The molecule has 0 unspecified atom stereocenters. The molecule has 3 N–H and O–H groups in total. The predicted octanol–water partition coefficient (Wildman–Crippen LogP) is 4.05. The Morgan fingerprint density at radius 2 is 1.69 bits per heavy atom. The molecule has 0 aliphatic rings. The van der Waals surface area contributed by atoms with E-state index in [1.54, 1.807) is 18.2 Å². The quantitative estimate of drug-likeness (QED) is 0.318. The summed E-state index contributed by atoms with van der Waals surface area (Å²) < 4.78 is 8.60. The molecule has 29 heavy (non-hydrogen) atoms. The Kier molecular flexibility index (Phi) is 8.64.